The first-order chi connectivity index (χ1) is 12.3. The molecule has 2 aliphatic heterocycles. The summed E-state index contributed by atoms with van der Waals surface area (Å²) in [4.78, 5) is 36.1. The molecular weight excluding hydrogens is 473 g/mol. The van der Waals surface area contributed by atoms with E-state index in [9.17, 15) is 14.4 Å². The molecule has 0 saturated carbocycles. The maximum absolute atomic E-state index is 12.5. The highest BCUT2D eigenvalue weighted by atomic mass is 127. The van der Waals surface area contributed by atoms with Crippen LogP contribution in [0.3, 0.4) is 0 Å². The fraction of sp³-hybridized carbons (Fsp3) is 0.812. The first-order valence-corrected chi connectivity index (χ1v) is 10.0. The van der Waals surface area contributed by atoms with Crippen molar-refractivity contribution in [2.45, 2.75) is 76.6 Å². The molecular formula is C16H26IN3O7. The molecule has 2 saturated heterocycles. The third-order valence-electron chi connectivity index (χ3n) is 3.79. The second-order valence-corrected chi connectivity index (χ2v) is 8.69. The van der Waals surface area contributed by atoms with E-state index in [4.69, 9.17) is 24.7 Å². The van der Waals surface area contributed by atoms with Gasteiger partial charge in [0, 0.05) is 4.43 Å². The fourth-order valence-corrected chi connectivity index (χ4v) is 3.55. The van der Waals surface area contributed by atoms with E-state index in [1.807, 2.05) is 0 Å². The van der Waals surface area contributed by atoms with Crippen LogP contribution >= 0.6 is 22.6 Å². The first kappa shape index (κ1) is 22.1. The lowest BCUT2D eigenvalue weighted by Gasteiger charge is -2.25. The fourth-order valence-electron chi connectivity index (χ4n) is 2.84. The number of hydrogen-bond acceptors (Lipinski definition) is 7. The van der Waals surface area contributed by atoms with Gasteiger partial charge in [0.25, 0.3) is 5.91 Å². The largest absolute Gasteiger partial charge is 0.444 e. The molecule has 0 radical (unpaired) electrons. The van der Waals surface area contributed by atoms with Crippen LogP contribution in [0.4, 0.5) is 4.79 Å². The van der Waals surface area contributed by atoms with E-state index in [1.165, 1.54) is 0 Å². The normalized spacial score (nSPS) is 30.3. The number of carbonyl (C=O) groups is 3. The minimum atomic E-state index is -1.61. The summed E-state index contributed by atoms with van der Waals surface area (Å²) in [6, 6.07) is -1.61. The lowest BCUT2D eigenvalue weighted by molar-refractivity contribution is -0.188. The summed E-state index contributed by atoms with van der Waals surface area (Å²) in [6.45, 7) is 8.50. The lowest BCUT2D eigenvalue weighted by Crippen LogP contribution is -2.57. The average molecular weight is 499 g/mol. The second kappa shape index (κ2) is 8.05. The van der Waals surface area contributed by atoms with Crippen molar-refractivity contribution >= 4 is 40.5 Å². The Hall–Kier alpha value is -1.18. The number of hydrogen-bond donors (Lipinski definition) is 3. The van der Waals surface area contributed by atoms with Crippen LogP contribution in [0.1, 0.15) is 34.6 Å². The van der Waals surface area contributed by atoms with Crippen molar-refractivity contribution in [1.29, 1.82) is 0 Å². The number of alkyl carbamates (subject to hydrolysis) is 1. The molecule has 11 heteroatoms. The molecule has 10 nitrogen and oxygen atoms in total. The number of nitrogens with two attached hydrogens (primary N) is 1. The number of rotatable bonds is 5. The molecule has 0 aromatic heterocycles. The number of fused-ring (bicyclic) bond motifs is 1. The molecule has 0 aliphatic carbocycles. The van der Waals surface area contributed by atoms with Gasteiger partial charge in [0.15, 0.2) is 18.1 Å². The minimum absolute atomic E-state index is 0.284. The van der Waals surface area contributed by atoms with E-state index in [0.717, 1.165) is 0 Å². The SMILES string of the molecule is CC(C)(C)OC(=O)NC(C(N)=O)C(=O)N[C@@H]1O[C@H](CI)[C@H]2OC(C)(C)O[C@H]21. The summed E-state index contributed by atoms with van der Waals surface area (Å²) in [5, 5.41) is 4.73. The van der Waals surface area contributed by atoms with E-state index in [1.54, 1.807) is 34.6 Å². The topological polar surface area (TPSA) is 138 Å². The van der Waals surface area contributed by atoms with Crippen molar-refractivity contribution in [2.75, 3.05) is 4.43 Å². The molecule has 0 aromatic carbocycles. The standard InChI is InChI=1S/C16H26IN3O7/c1-15(2,3)27-14(23)19-8(11(18)21)12(22)20-13-10-9(7(6-17)24-13)25-16(4,5)26-10/h7-10,13H,6H2,1-5H3,(H2,18,21)(H,19,23)(H,20,22)/t7-,8?,9-,10-,13-/m1/s1. The highest BCUT2D eigenvalue weighted by Gasteiger charge is 2.55. The van der Waals surface area contributed by atoms with Gasteiger partial charge in [0.1, 0.15) is 17.8 Å². The van der Waals surface area contributed by atoms with Crippen LogP contribution in [0.5, 0.6) is 0 Å². The molecule has 0 spiro atoms. The third-order valence-corrected chi connectivity index (χ3v) is 4.66. The van der Waals surface area contributed by atoms with Gasteiger partial charge in [0.2, 0.25) is 5.91 Å². The number of primary amides is 1. The molecule has 3 amide bonds. The molecule has 0 aromatic rings. The molecule has 4 N–H and O–H groups in total. The van der Waals surface area contributed by atoms with Crippen molar-refractivity contribution in [1.82, 2.24) is 10.6 Å². The summed E-state index contributed by atoms with van der Waals surface area (Å²) >= 11 is 2.15. The Labute approximate surface area is 171 Å². The van der Waals surface area contributed by atoms with Crippen LogP contribution in [0, 0.1) is 0 Å². The predicted molar refractivity (Wildman–Crippen MR) is 102 cm³/mol. The number of nitrogens with one attached hydrogen (secondary N) is 2. The van der Waals surface area contributed by atoms with Crippen molar-refractivity contribution in [3.05, 3.63) is 0 Å². The van der Waals surface area contributed by atoms with Gasteiger partial charge in [-0.25, -0.2) is 4.79 Å². The summed E-state index contributed by atoms with van der Waals surface area (Å²) in [7, 11) is 0. The monoisotopic (exact) mass is 499 g/mol. The average Bonchev–Trinajstić information content (AvgIpc) is 2.96. The van der Waals surface area contributed by atoms with Crippen LogP contribution in [0.15, 0.2) is 0 Å². The number of alkyl halides is 1. The Bertz CT molecular complexity index is 607. The van der Waals surface area contributed by atoms with Gasteiger partial charge >= 0.3 is 6.09 Å². The van der Waals surface area contributed by atoms with Crippen LogP contribution in [0.2, 0.25) is 0 Å². The van der Waals surface area contributed by atoms with Crippen molar-refractivity contribution in [3.8, 4) is 0 Å². The molecule has 2 heterocycles. The maximum atomic E-state index is 12.5. The molecule has 2 fully saturated rings. The number of carbonyl (C=O) groups excluding carboxylic acids is 3. The highest BCUT2D eigenvalue weighted by molar-refractivity contribution is 14.1. The molecule has 154 valence electrons. The molecule has 2 rings (SSSR count). The Kier molecular flexibility index (Phi) is 6.59. The molecule has 0 bridgehead atoms. The van der Waals surface area contributed by atoms with Crippen molar-refractivity contribution in [2.24, 2.45) is 5.73 Å². The van der Waals surface area contributed by atoms with Crippen molar-refractivity contribution in [3.63, 3.8) is 0 Å². The summed E-state index contributed by atoms with van der Waals surface area (Å²) < 4.78 is 23.1. The van der Waals surface area contributed by atoms with Crippen molar-refractivity contribution < 1.29 is 33.3 Å². The number of amides is 3. The Balaban J connectivity index is 2.04. The molecule has 2 aliphatic rings. The summed E-state index contributed by atoms with van der Waals surface area (Å²) in [5.41, 5.74) is 4.47. The van der Waals surface area contributed by atoms with Gasteiger partial charge in [-0.2, -0.15) is 0 Å². The van der Waals surface area contributed by atoms with E-state index in [2.05, 4.69) is 33.2 Å². The van der Waals surface area contributed by atoms with Crippen LogP contribution in [0.25, 0.3) is 0 Å². The van der Waals surface area contributed by atoms with Crippen LogP contribution in [-0.2, 0) is 28.5 Å². The van der Waals surface area contributed by atoms with Gasteiger partial charge < -0.3 is 35.3 Å². The third kappa shape index (κ3) is 5.65. The Morgan fingerprint density at radius 2 is 1.81 bits per heavy atom. The zero-order valence-electron chi connectivity index (χ0n) is 15.9. The van der Waals surface area contributed by atoms with Crippen LogP contribution in [-0.4, -0.2) is 64.3 Å². The maximum Gasteiger partial charge on any atom is 0.408 e. The number of halogens is 1. The Morgan fingerprint density at radius 1 is 1.22 bits per heavy atom. The molecule has 5 atom stereocenters. The highest BCUT2D eigenvalue weighted by Crippen LogP contribution is 2.38. The van der Waals surface area contributed by atoms with Gasteiger partial charge in [-0.05, 0) is 34.6 Å². The quantitative estimate of drug-likeness (QED) is 0.278. The van der Waals surface area contributed by atoms with Gasteiger partial charge in [-0.15, -0.1) is 0 Å². The second-order valence-electron chi connectivity index (χ2n) is 7.80. The number of ether oxygens (including phenoxy) is 4. The minimum Gasteiger partial charge on any atom is -0.444 e. The smallest absolute Gasteiger partial charge is 0.408 e. The van der Waals surface area contributed by atoms with Crippen LogP contribution < -0.4 is 16.4 Å². The lowest BCUT2D eigenvalue weighted by atomic mass is 10.1. The zero-order chi connectivity index (χ0) is 20.6. The van der Waals surface area contributed by atoms with E-state index < -0.39 is 47.7 Å². The van der Waals surface area contributed by atoms with Gasteiger partial charge in [-0.1, -0.05) is 22.6 Å². The van der Waals surface area contributed by atoms with E-state index in [0.29, 0.717) is 4.43 Å². The van der Waals surface area contributed by atoms with E-state index in [-0.39, 0.29) is 12.2 Å². The van der Waals surface area contributed by atoms with E-state index >= 15 is 0 Å². The van der Waals surface area contributed by atoms with Gasteiger partial charge in [-0.3, -0.25) is 9.59 Å². The predicted octanol–water partition coefficient (Wildman–Crippen LogP) is 0.161. The van der Waals surface area contributed by atoms with Gasteiger partial charge in [0.05, 0.1) is 6.10 Å². The molecule has 1 unspecified atom stereocenters. The summed E-state index contributed by atoms with van der Waals surface area (Å²) in [6.07, 6.45) is -2.95. The summed E-state index contributed by atoms with van der Waals surface area (Å²) in [5.74, 6) is -2.66. The first-order valence-electron chi connectivity index (χ1n) is 8.49. The zero-order valence-corrected chi connectivity index (χ0v) is 18.1. The Morgan fingerprint density at radius 3 is 2.33 bits per heavy atom. The molecule has 27 heavy (non-hydrogen) atoms.